The van der Waals surface area contributed by atoms with Crippen molar-refractivity contribution >= 4 is 11.4 Å². The van der Waals surface area contributed by atoms with Gasteiger partial charge >= 0.3 is 0 Å². The Hall–Kier alpha value is -1.91. The molecule has 0 unspecified atom stereocenters. The van der Waals surface area contributed by atoms with Crippen LogP contribution in [0, 0.1) is 17.8 Å². The average Bonchev–Trinajstić information content (AvgIpc) is 2.42. The summed E-state index contributed by atoms with van der Waals surface area (Å²) in [5.41, 5.74) is 6.33. The molecule has 1 heterocycles. The van der Waals surface area contributed by atoms with E-state index >= 15 is 0 Å². The summed E-state index contributed by atoms with van der Waals surface area (Å²) < 4.78 is 0. The van der Waals surface area contributed by atoms with E-state index < -0.39 is 0 Å². The zero-order chi connectivity index (χ0) is 17.0. The van der Waals surface area contributed by atoms with Crippen LogP contribution in [-0.4, -0.2) is 26.8 Å². The van der Waals surface area contributed by atoms with Gasteiger partial charge in [-0.2, -0.15) is 0 Å². The molecule has 0 spiro atoms. The van der Waals surface area contributed by atoms with Crippen LogP contribution >= 0.6 is 0 Å². The maximum absolute atomic E-state index is 9.49. The number of oxime groups is 2. The normalized spacial score (nSPS) is 25.3. The molecule has 124 valence electrons. The Bertz CT molecular complexity index is 672. The second kappa shape index (κ2) is 5.05. The summed E-state index contributed by atoms with van der Waals surface area (Å²) in [5.74, 6) is 0. The van der Waals surface area contributed by atoms with E-state index in [2.05, 4.69) is 38.0 Å². The van der Waals surface area contributed by atoms with E-state index in [9.17, 15) is 10.4 Å². The summed E-state index contributed by atoms with van der Waals surface area (Å²) in [4.78, 5) is 4.92. The standard InChI is InChI=1S/C18H25N3O2/c1-10-15-11(6-17(2,3)8-13(15)20-22)19-12-7-18(4,5)9-14(21-23)16(10)12/h22-23H,6-9H2,1-5H3/b20-13+,21-14+. The number of pyridine rings is 1. The third-order valence-electron chi connectivity index (χ3n) is 5.00. The molecular weight excluding hydrogens is 290 g/mol. The Kier molecular flexibility index (Phi) is 3.50. The molecule has 2 aliphatic rings. The van der Waals surface area contributed by atoms with Crippen molar-refractivity contribution < 1.29 is 10.4 Å². The van der Waals surface area contributed by atoms with Gasteiger partial charge in [0.05, 0.1) is 22.8 Å². The molecule has 1 aromatic heterocycles. The Morgan fingerprint density at radius 1 is 0.783 bits per heavy atom. The zero-order valence-electron chi connectivity index (χ0n) is 14.6. The molecule has 0 aromatic carbocycles. The predicted octanol–water partition coefficient (Wildman–Crippen LogP) is 3.69. The minimum Gasteiger partial charge on any atom is -0.411 e. The number of hydrogen-bond acceptors (Lipinski definition) is 5. The molecule has 0 bridgehead atoms. The minimum atomic E-state index is 0.0281. The highest BCUT2D eigenvalue weighted by atomic mass is 16.4. The molecule has 0 fully saturated rings. The van der Waals surface area contributed by atoms with E-state index in [0.717, 1.165) is 53.8 Å². The van der Waals surface area contributed by atoms with Gasteiger partial charge < -0.3 is 10.4 Å². The molecule has 2 aliphatic carbocycles. The van der Waals surface area contributed by atoms with Crippen molar-refractivity contribution in [1.82, 2.24) is 4.98 Å². The van der Waals surface area contributed by atoms with Gasteiger partial charge in [-0.25, -0.2) is 0 Å². The molecule has 23 heavy (non-hydrogen) atoms. The molecule has 3 rings (SSSR count). The summed E-state index contributed by atoms with van der Waals surface area (Å²) >= 11 is 0. The number of rotatable bonds is 0. The lowest BCUT2D eigenvalue weighted by molar-refractivity contribution is 0.302. The van der Waals surface area contributed by atoms with Crippen molar-refractivity contribution in [2.75, 3.05) is 0 Å². The van der Waals surface area contributed by atoms with E-state index in [1.165, 1.54) is 0 Å². The van der Waals surface area contributed by atoms with Gasteiger partial charge in [0, 0.05) is 11.1 Å². The highest BCUT2D eigenvalue weighted by Crippen LogP contribution is 2.41. The van der Waals surface area contributed by atoms with Crippen molar-refractivity contribution in [1.29, 1.82) is 0 Å². The molecule has 0 saturated heterocycles. The Morgan fingerprint density at radius 2 is 1.17 bits per heavy atom. The summed E-state index contributed by atoms with van der Waals surface area (Å²) in [7, 11) is 0. The van der Waals surface area contributed by atoms with Gasteiger partial charge in [-0.3, -0.25) is 4.98 Å². The molecule has 0 radical (unpaired) electrons. The topological polar surface area (TPSA) is 78.1 Å². The van der Waals surface area contributed by atoms with Crippen LogP contribution in [0.15, 0.2) is 10.3 Å². The van der Waals surface area contributed by atoms with Crippen LogP contribution < -0.4 is 0 Å². The first kappa shape index (κ1) is 16.0. The predicted molar refractivity (Wildman–Crippen MR) is 89.8 cm³/mol. The first-order valence-electron chi connectivity index (χ1n) is 8.12. The lowest BCUT2D eigenvalue weighted by Crippen LogP contribution is -2.34. The van der Waals surface area contributed by atoms with Crippen molar-refractivity contribution in [2.45, 2.75) is 60.3 Å². The van der Waals surface area contributed by atoms with Crippen LogP contribution in [0.5, 0.6) is 0 Å². The van der Waals surface area contributed by atoms with Gasteiger partial charge in [0.25, 0.3) is 0 Å². The first-order valence-corrected chi connectivity index (χ1v) is 8.12. The zero-order valence-corrected chi connectivity index (χ0v) is 14.6. The number of fused-ring (bicyclic) bond motifs is 2. The van der Waals surface area contributed by atoms with Crippen LogP contribution in [0.25, 0.3) is 0 Å². The molecule has 0 amide bonds. The number of nitrogens with zero attached hydrogens (tertiary/aromatic N) is 3. The lowest BCUT2D eigenvalue weighted by Gasteiger charge is -2.36. The largest absolute Gasteiger partial charge is 0.411 e. The maximum Gasteiger partial charge on any atom is 0.0894 e. The van der Waals surface area contributed by atoms with E-state index in [4.69, 9.17) is 4.98 Å². The smallest absolute Gasteiger partial charge is 0.0894 e. The molecule has 5 nitrogen and oxygen atoms in total. The summed E-state index contributed by atoms with van der Waals surface area (Å²) in [6.07, 6.45) is 3.16. The average molecular weight is 315 g/mol. The highest BCUT2D eigenvalue weighted by Gasteiger charge is 2.38. The Labute approximate surface area is 137 Å². The minimum absolute atomic E-state index is 0.0281. The Balaban J connectivity index is 2.28. The maximum atomic E-state index is 9.49. The molecule has 1 aromatic rings. The molecule has 0 atom stereocenters. The van der Waals surface area contributed by atoms with Crippen LogP contribution in [0.4, 0.5) is 0 Å². The first-order chi connectivity index (χ1) is 10.7. The van der Waals surface area contributed by atoms with E-state index in [1.807, 2.05) is 6.92 Å². The number of aromatic nitrogens is 1. The van der Waals surface area contributed by atoms with Gasteiger partial charge in [0.15, 0.2) is 0 Å². The Morgan fingerprint density at radius 3 is 1.52 bits per heavy atom. The molecule has 0 aliphatic heterocycles. The van der Waals surface area contributed by atoms with Crippen LogP contribution in [-0.2, 0) is 12.8 Å². The van der Waals surface area contributed by atoms with Gasteiger partial charge in [0.2, 0.25) is 0 Å². The number of hydrogen-bond donors (Lipinski definition) is 2. The monoisotopic (exact) mass is 315 g/mol. The van der Waals surface area contributed by atoms with Crippen LogP contribution in [0.3, 0.4) is 0 Å². The van der Waals surface area contributed by atoms with Crippen LogP contribution in [0.2, 0.25) is 0 Å². The summed E-state index contributed by atoms with van der Waals surface area (Å²) in [6, 6.07) is 0. The van der Waals surface area contributed by atoms with Gasteiger partial charge in [-0.15, -0.1) is 0 Å². The second-order valence-corrected chi connectivity index (χ2v) is 8.51. The van der Waals surface area contributed by atoms with Gasteiger partial charge in [-0.1, -0.05) is 38.0 Å². The third kappa shape index (κ3) is 2.62. The van der Waals surface area contributed by atoms with E-state index in [1.54, 1.807) is 0 Å². The van der Waals surface area contributed by atoms with Gasteiger partial charge in [0.1, 0.15) is 0 Å². The van der Waals surface area contributed by atoms with Crippen molar-refractivity contribution in [2.24, 2.45) is 21.1 Å². The van der Waals surface area contributed by atoms with Crippen molar-refractivity contribution in [3.63, 3.8) is 0 Å². The van der Waals surface area contributed by atoms with E-state index in [-0.39, 0.29) is 10.8 Å². The summed E-state index contributed by atoms with van der Waals surface area (Å²) in [6.45, 7) is 10.7. The summed E-state index contributed by atoms with van der Waals surface area (Å²) in [5, 5.41) is 26.1. The molecular formula is C18H25N3O2. The third-order valence-corrected chi connectivity index (χ3v) is 5.00. The fourth-order valence-electron chi connectivity index (χ4n) is 4.14. The van der Waals surface area contributed by atoms with Crippen molar-refractivity contribution in [3.05, 3.63) is 28.1 Å². The fraction of sp³-hybridized carbons (Fsp3) is 0.611. The highest BCUT2D eigenvalue weighted by molar-refractivity contribution is 6.09. The fourth-order valence-corrected chi connectivity index (χ4v) is 4.14. The SMILES string of the molecule is Cc1c2c(nc3c1/C(=N/O)CC(C)(C)C3)CC(C)(C)C/C2=N\O. The molecule has 5 heteroatoms. The quantitative estimate of drug-likeness (QED) is 0.566. The molecule has 0 saturated carbocycles. The van der Waals surface area contributed by atoms with Crippen LogP contribution in [0.1, 0.15) is 68.6 Å². The second-order valence-electron chi connectivity index (χ2n) is 8.51. The lowest BCUT2D eigenvalue weighted by atomic mass is 9.70. The van der Waals surface area contributed by atoms with Crippen molar-refractivity contribution in [3.8, 4) is 0 Å². The van der Waals surface area contributed by atoms with Gasteiger partial charge in [-0.05, 0) is 49.0 Å². The molecule has 2 N–H and O–H groups in total. The van der Waals surface area contributed by atoms with E-state index in [0.29, 0.717) is 11.4 Å².